The van der Waals surface area contributed by atoms with E-state index in [1.165, 1.54) is 59.2 Å². The summed E-state index contributed by atoms with van der Waals surface area (Å²) in [6.07, 6.45) is 6.50. The van der Waals surface area contributed by atoms with Gasteiger partial charge >= 0.3 is 0 Å². The van der Waals surface area contributed by atoms with Crippen LogP contribution in [0.3, 0.4) is 0 Å². The monoisotopic (exact) mass is 246 g/mol. The first kappa shape index (κ1) is 11.8. The first-order valence-corrected chi connectivity index (χ1v) is 8.97. The summed E-state index contributed by atoms with van der Waals surface area (Å²) in [5.41, 5.74) is 0. The van der Waals surface area contributed by atoms with Crippen LogP contribution >= 0.6 is 0 Å². The van der Waals surface area contributed by atoms with Crippen molar-refractivity contribution in [3.8, 4) is 0 Å². The maximum absolute atomic E-state index is 2.00. The highest BCUT2D eigenvalue weighted by atomic mass is 14.9. The van der Waals surface area contributed by atoms with E-state index in [-0.39, 0.29) is 0 Å². The minimum Gasteiger partial charge on any atom is -0.0683 e. The highest BCUT2D eigenvalue weighted by Gasteiger charge is 2.82. The van der Waals surface area contributed by atoms with Gasteiger partial charge in [-0.15, -0.1) is 0 Å². The Morgan fingerprint density at radius 1 is 0.389 bits per heavy atom. The lowest BCUT2D eigenvalue weighted by Gasteiger charge is -2.88. The standard InChI is InChI=1S/C14H18.2C2H6/c1-2-6-5(1)9-10(6)14-12-8-4-3-7(8)11(12)13(9)14;2*1-2/h5-14H,1-4H2;2*1-2H3. The molecular formula is C18H30. The van der Waals surface area contributed by atoms with Crippen LogP contribution < -0.4 is 0 Å². The summed E-state index contributed by atoms with van der Waals surface area (Å²) in [5.74, 6) is 12.8. The van der Waals surface area contributed by atoms with E-state index in [0.29, 0.717) is 0 Å². The van der Waals surface area contributed by atoms with Gasteiger partial charge in [0.2, 0.25) is 0 Å². The van der Waals surface area contributed by atoms with Crippen LogP contribution in [0.15, 0.2) is 0 Å². The Labute approximate surface area is 113 Å². The van der Waals surface area contributed by atoms with Crippen molar-refractivity contribution in [3.05, 3.63) is 0 Å². The van der Waals surface area contributed by atoms with Gasteiger partial charge in [0, 0.05) is 0 Å². The summed E-state index contributed by atoms with van der Waals surface area (Å²) in [6.45, 7) is 8.00. The zero-order valence-electron chi connectivity index (χ0n) is 12.6. The van der Waals surface area contributed by atoms with Crippen LogP contribution in [0.2, 0.25) is 0 Å². The third kappa shape index (κ3) is 0.937. The van der Waals surface area contributed by atoms with Gasteiger partial charge in [-0.25, -0.2) is 0 Å². The van der Waals surface area contributed by atoms with Gasteiger partial charge in [0.25, 0.3) is 0 Å². The Bertz CT molecular complexity index is 280. The number of hydrogen-bond donors (Lipinski definition) is 0. The van der Waals surface area contributed by atoms with Gasteiger partial charge in [-0.3, -0.25) is 0 Å². The fraction of sp³-hybridized carbons (Fsp3) is 1.00. The van der Waals surface area contributed by atoms with Gasteiger partial charge in [-0.1, -0.05) is 27.7 Å². The summed E-state index contributed by atoms with van der Waals surface area (Å²) >= 11 is 0. The molecule has 102 valence electrons. The number of rotatable bonds is 0. The molecule has 0 spiro atoms. The van der Waals surface area contributed by atoms with Crippen LogP contribution in [0.25, 0.3) is 0 Å². The minimum absolute atomic E-state index is 1.27. The molecule has 6 saturated carbocycles. The van der Waals surface area contributed by atoms with Gasteiger partial charge in [0.1, 0.15) is 0 Å². The predicted molar refractivity (Wildman–Crippen MR) is 76.1 cm³/mol. The van der Waals surface area contributed by atoms with Gasteiger partial charge in [0.15, 0.2) is 0 Å². The van der Waals surface area contributed by atoms with Crippen molar-refractivity contribution in [2.75, 3.05) is 0 Å². The maximum Gasteiger partial charge on any atom is -0.0312 e. The van der Waals surface area contributed by atoms with Gasteiger partial charge < -0.3 is 0 Å². The fourth-order valence-corrected chi connectivity index (χ4v) is 7.28. The molecule has 0 radical (unpaired) electrons. The Morgan fingerprint density at radius 2 is 0.611 bits per heavy atom. The normalized spacial score (nSPS) is 66.0. The van der Waals surface area contributed by atoms with Crippen LogP contribution in [0.1, 0.15) is 53.4 Å². The molecule has 0 bridgehead atoms. The van der Waals surface area contributed by atoms with Gasteiger partial charge in [-0.2, -0.15) is 0 Å². The first-order valence-electron chi connectivity index (χ1n) is 8.97. The lowest BCUT2D eigenvalue weighted by molar-refractivity contribution is -0.408. The van der Waals surface area contributed by atoms with E-state index in [0.717, 1.165) is 0 Å². The lowest BCUT2D eigenvalue weighted by atomic mass is 9.17. The molecular weight excluding hydrogens is 216 g/mol. The van der Waals surface area contributed by atoms with Crippen molar-refractivity contribution < 1.29 is 0 Å². The lowest BCUT2D eigenvalue weighted by Crippen LogP contribution is -2.84. The average Bonchev–Trinajstić information content (AvgIpc) is 2.37. The molecule has 0 heteroatoms. The SMILES string of the molecule is C1CC2C1C1C2C2C3C4CCC4C3C12.CC.CC. The molecule has 6 fully saturated rings. The van der Waals surface area contributed by atoms with E-state index in [1.54, 1.807) is 25.7 Å². The Hall–Kier alpha value is 0. The smallest absolute Gasteiger partial charge is 0.0312 e. The van der Waals surface area contributed by atoms with Crippen LogP contribution in [0.5, 0.6) is 0 Å². The number of fused-ring (bicyclic) bond motifs is 13. The van der Waals surface area contributed by atoms with E-state index in [4.69, 9.17) is 0 Å². The molecule has 18 heavy (non-hydrogen) atoms. The minimum atomic E-state index is 1.27. The third-order valence-corrected chi connectivity index (χ3v) is 7.86. The summed E-state index contributed by atoms with van der Waals surface area (Å²) < 4.78 is 0. The Kier molecular flexibility index (Phi) is 2.47. The molecule has 0 aromatic heterocycles. The fourth-order valence-electron chi connectivity index (χ4n) is 7.28. The molecule has 0 amide bonds. The molecule has 6 aliphatic carbocycles. The second-order valence-electron chi connectivity index (χ2n) is 7.27. The van der Waals surface area contributed by atoms with E-state index >= 15 is 0 Å². The van der Waals surface area contributed by atoms with E-state index in [1.807, 2.05) is 27.7 Å². The highest BCUT2D eigenvalue weighted by Crippen LogP contribution is 2.87. The summed E-state index contributed by atoms with van der Waals surface area (Å²) in [6, 6.07) is 0. The molecule has 8 atom stereocenters. The molecule has 6 rings (SSSR count). The molecule has 0 saturated heterocycles. The van der Waals surface area contributed by atoms with E-state index < -0.39 is 0 Å². The maximum atomic E-state index is 2.00. The predicted octanol–water partition coefficient (Wildman–Crippen LogP) is 4.84. The van der Waals surface area contributed by atoms with Crippen molar-refractivity contribution in [2.45, 2.75) is 53.4 Å². The van der Waals surface area contributed by atoms with E-state index in [9.17, 15) is 0 Å². The van der Waals surface area contributed by atoms with Crippen molar-refractivity contribution in [1.29, 1.82) is 0 Å². The first-order chi connectivity index (χ1) is 8.97. The summed E-state index contributed by atoms with van der Waals surface area (Å²) in [4.78, 5) is 0. The third-order valence-electron chi connectivity index (χ3n) is 7.86. The van der Waals surface area contributed by atoms with Crippen LogP contribution in [0, 0.1) is 59.2 Å². The van der Waals surface area contributed by atoms with Crippen molar-refractivity contribution in [1.82, 2.24) is 0 Å². The number of hydrogen-bond acceptors (Lipinski definition) is 0. The average molecular weight is 246 g/mol. The Balaban J connectivity index is 0.000000205. The molecule has 6 aliphatic rings. The molecule has 8 unspecified atom stereocenters. The topological polar surface area (TPSA) is 0 Å². The molecule has 0 aromatic carbocycles. The van der Waals surface area contributed by atoms with E-state index in [2.05, 4.69) is 0 Å². The molecule has 0 nitrogen and oxygen atoms in total. The molecule has 0 aromatic rings. The van der Waals surface area contributed by atoms with Crippen LogP contribution in [0.4, 0.5) is 0 Å². The highest BCUT2D eigenvalue weighted by molar-refractivity contribution is 5.30. The summed E-state index contributed by atoms with van der Waals surface area (Å²) in [5, 5.41) is 0. The van der Waals surface area contributed by atoms with Gasteiger partial charge in [0.05, 0.1) is 0 Å². The zero-order chi connectivity index (χ0) is 12.6. The van der Waals surface area contributed by atoms with Crippen molar-refractivity contribution >= 4 is 0 Å². The van der Waals surface area contributed by atoms with Crippen LogP contribution in [-0.4, -0.2) is 0 Å². The van der Waals surface area contributed by atoms with Crippen LogP contribution in [-0.2, 0) is 0 Å². The van der Waals surface area contributed by atoms with Crippen molar-refractivity contribution in [3.63, 3.8) is 0 Å². The van der Waals surface area contributed by atoms with Gasteiger partial charge in [-0.05, 0) is 84.9 Å². The zero-order valence-corrected chi connectivity index (χ0v) is 12.6. The summed E-state index contributed by atoms with van der Waals surface area (Å²) in [7, 11) is 0. The second-order valence-corrected chi connectivity index (χ2v) is 7.27. The molecule has 0 N–H and O–H groups in total. The molecule has 0 aliphatic heterocycles. The quantitative estimate of drug-likeness (QED) is 0.536. The largest absolute Gasteiger partial charge is 0.0683 e. The Morgan fingerprint density at radius 3 is 0.778 bits per heavy atom. The second kappa shape index (κ2) is 3.76. The molecule has 0 heterocycles. The van der Waals surface area contributed by atoms with Crippen molar-refractivity contribution in [2.24, 2.45) is 59.2 Å².